The molecule has 0 aliphatic carbocycles. The summed E-state index contributed by atoms with van der Waals surface area (Å²) in [4.78, 5) is 38.2. The van der Waals surface area contributed by atoms with Crippen LogP contribution in [-0.2, 0) is 28.6 Å². The van der Waals surface area contributed by atoms with Gasteiger partial charge in [-0.05, 0) is 148 Å². The van der Waals surface area contributed by atoms with Gasteiger partial charge in [0.15, 0.2) is 6.10 Å². The van der Waals surface area contributed by atoms with E-state index in [9.17, 15) is 14.4 Å². The van der Waals surface area contributed by atoms with Crippen LogP contribution in [0.4, 0.5) is 0 Å². The number of carbonyl (C=O) groups excluding carboxylic acids is 3. The van der Waals surface area contributed by atoms with Crippen LogP contribution in [0.15, 0.2) is 182 Å². The zero-order valence-electron chi connectivity index (χ0n) is 47.5. The Bertz CT molecular complexity index is 1800. The highest BCUT2D eigenvalue weighted by molar-refractivity contribution is 5.71. The predicted molar refractivity (Wildman–Crippen MR) is 324 cm³/mol. The molecule has 0 N–H and O–H groups in total. The number of allylic oxidation sites excluding steroid dienone is 30. The van der Waals surface area contributed by atoms with Crippen molar-refractivity contribution in [3.8, 4) is 0 Å². The third-order valence-corrected chi connectivity index (χ3v) is 11.4. The summed E-state index contributed by atoms with van der Waals surface area (Å²) < 4.78 is 16.8. The van der Waals surface area contributed by atoms with Crippen LogP contribution in [0.2, 0.25) is 0 Å². The highest BCUT2D eigenvalue weighted by Gasteiger charge is 2.19. The normalized spacial score (nSPS) is 13.5. The molecule has 1 atom stereocenters. The Morgan fingerprint density at radius 2 is 0.547 bits per heavy atom. The Hall–Kier alpha value is -5.49. The lowest BCUT2D eigenvalue weighted by Gasteiger charge is -2.18. The highest BCUT2D eigenvalue weighted by Crippen LogP contribution is 2.11. The van der Waals surface area contributed by atoms with Gasteiger partial charge in [-0.3, -0.25) is 14.4 Å². The van der Waals surface area contributed by atoms with Gasteiger partial charge in [-0.15, -0.1) is 0 Å². The highest BCUT2D eigenvalue weighted by atomic mass is 16.6. The molecule has 0 amide bonds. The average molecular weight is 1030 g/mol. The predicted octanol–water partition coefficient (Wildman–Crippen LogP) is 20.1. The van der Waals surface area contributed by atoms with E-state index < -0.39 is 6.10 Å². The van der Waals surface area contributed by atoms with Crippen LogP contribution in [0.5, 0.6) is 0 Å². The van der Waals surface area contributed by atoms with Gasteiger partial charge >= 0.3 is 17.9 Å². The van der Waals surface area contributed by atoms with Gasteiger partial charge in [-0.2, -0.15) is 0 Å². The molecule has 0 rings (SSSR count). The maximum absolute atomic E-state index is 12.9. The molecule has 0 aromatic carbocycles. The van der Waals surface area contributed by atoms with Crippen LogP contribution >= 0.6 is 0 Å². The van der Waals surface area contributed by atoms with Gasteiger partial charge in [0, 0.05) is 19.3 Å². The van der Waals surface area contributed by atoms with Crippen LogP contribution in [0.1, 0.15) is 213 Å². The molecule has 0 unspecified atom stereocenters. The first kappa shape index (κ1) is 69.5. The van der Waals surface area contributed by atoms with Crippen LogP contribution < -0.4 is 0 Å². The lowest BCUT2D eigenvalue weighted by Crippen LogP contribution is -2.30. The molecule has 75 heavy (non-hydrogen) atoms. The Kier molecular flexibility index (Phi) is 56.6. The van der Waals surface area contributed by atoms with Crippen molar-refractivity contribution >= 4 is 17.9 Å². The first-order chi connectivity index (χ1) is 37.0. The fraction of sp³-hybridized carbons (Fsp3) is 0.522. The SMILES string of the molecule is CC/C=C\C/C=C\C/C=C\C/C=C\C/C=C\C/C=C\CCC(=O)OC[C@@H](COC(=O)CCCCC/C=C\C/C=C\C/C=C\C/C=C\CCCCC)OC(=O)CCCCC/C=C\C/C=C\C/C=C\C/C=C\C/C=C\CC. The van der Waals surface area contributed by atoms with E-state index in [4.69, 9.17) is 14.2 Å². The summed E-state index contributed by atoms with van der Waals surface area (Å²) in [7, 11) is 0. The van der Waals surface area contributed by atoms with Crippen molar-refractivity contribution < 1.29 is 28.6 Å². The molecular formula is C69H104O6. The number of esters is 3. The molecule has 0 aliphatic heterocycles. The van der Waals surface area contributed by atoms with Crippen molar-refractivity contribution in [2.45, 2.75) is 219 Å². The van der Waals surface area contributed by atoms with Gasteiger partial charge < -0.3 is 14.2 Å². The second-order valence-electron chi connectivity index (χ2n) is 18.4. The van der Waals surface area contributed by atoms with Crippen LogP contribution in [-0.4, -0.2) is 37.2 Å². The van der Waals surface area contributed by atoms with E-state index in [1.165, 1.54) is 25.7 Å². The molecular weight excluding hydrogens is 925 g/mol. The molecule has 0 spiro atoms. The largest absolute Gasteiger partial charge is 0.462 e. The molecule has 0 aliphatic rings. The van der Waals surface area contributed by atoms with E-state index in [0.29, 0.717) is 19.3 Å². The quantitative estimate of drug-likeness (QED) is 0.0261. The Balaban J connectivity index is 4.67. The van der Waals surface area contributed by atoms with Gasteiger partial charge in [0.2, 0.25) is 0 Å². The average Bonchev–Trinajstić information content (AvgIpc) is 3.41. The minimum Gasteiger partial charge on any atom is -0.462 e. The number of rotatable bonds is 50. The van der Waals surface area contributed by atoms with Gasteiger partial charge in [0.25, 0.3) is 0 Å². The lowest BCUT2D eigenvalue weighted by atomic mass is 10.1. The summed E-state index contributed by atoms with van der Waals surface area (Å²) in [5.74, 6) is -1.10. The van der Waals surface area contributed by atoms with Gasteiger partial charge in [-0.1, -0.05) is 229 Å². The third-order valence-electron chi connectivity index (χ3n) is 11.4. The molecule has 0 saturated heterocycles. The van der Waals surface area contributed by atoms with Crippen LogP contribution in [0.25, 0.3) is 0 Å². The third kappa shape index (κ3) is 59.3. The summed E-state index contributed by atoms with van der Waals surface area (Å²) in [6.07, 6.45) is 91.7. The zero-order valence-corrected chi connectivity index (χ0v) is 47.5. The smallest absolute Gasteiger partial charge is 0.306 e. The molecule has 416 valence electrons. The topological polar surface area (TPSA) is 78.9 Å². The fourth-order valence-corrected chi connectivity index (χ4v) is 7.06. The van der Waals surface area contributed by atoms with E-state index >= 15 is 0 Å². The van der Waals surface area contributed by atoms with E-state index in [2.05, 4.69) is 191 Å². The minimum absolute atomic E-state index is 0.142. The standard InChI is InChI=1S/C69H104O6/c1-4-7-10-13-16-19-22-25-28-31-34-37-40-43-46-49-52-55-58-61-67(70)73-64-66(75-69(72)63-60-57-54-51-48-45-42-39-36-33-30-27-24-21-18-15-12-9-6-3)65-74-68(71)62-59-56-53-50-47-44-41-38-35-32-29-26-23-20-17-14-11-8-5-2/h7,9-10,12,16-21,25-30,34-39,43-48,52,55,66H,4-6,8,11,13-15,22-24,31-33,40-42,49-51,53-54,56-65H2,1-3H3/b10-7-,12-9-,19-16-,20-17-,21-18-,28-25-,29-26-,30-27-,37-34-,38-35-,39-36-,46-43-,47-44-,48-45-,55-52-/t66-/m0/s1. The van der Waals surface area contributed by atoms with E-state index in [-0.39, 0.29) is 44.0 Å². The Labute approximate surface area is 459 Å². The number of unbranched alkanes of at least 4 members (excludes halogenated alkanes) is 9. The summed E-state index contributed by atoms with van der Waals surface area (Å²) in [6.45, 7) is 6.24. The number of carbonyl (C=O) groups is 3. The first-order valence-electron chi connectivity index (χ1n) is 29.3. The minimum atomic E-state index is -0.852. The molecule has 0 aromatic rings. The molecule has 6 nitrogen and oxygen atoms in total. The molecule has 0 saturated carbocycles. The summed E-state index contributed by atoms with van der Waals surface area (Å²) >= 11 is 0. The second kappa shape index (κ2) is 61.1. The van der Waals surface area contributed by atoms with Crippen molar-refractivity contribution in [1.82, 2.24) is 0 Å². The van der Waals surface area contributed by atoms with E-state index in [0.717, 1.165) is 135 Å². The number of ether oxygens (including phenoxy) is 3. The summed E-state index contributed by atoms with van der Waals surface area (Å²) in [5.41, 5.74) is 0. The summed E-state index contributed by atoms with van der Waals surface area (Å²) in [6, 6.07) is 0. The zero-order chi connectivity index (χ0) is 54.3. The molecule has 0 aromatic heterocycles. The molecule has 0 heterocycles. The van der Waals surface area contributed by atoms with Crippen molar-refractivity contribution in [2.75, 3.05) is 13.2 Å². The Morgan fingerprint density at radius 1 is 0.280 bits per heavy atom. The summed E-state index contributed by atoms with van der Waals surface area (Å²) in [5, 5.41) is 0. The fourth-order valence-electron chi connectivity index (χ4n) is 7.06. The maximum atomic E-state index is 12.9. The molecule has 0 bridgehead atoms. The monoisotopic (exact) mass is 1030 g/mol. The van der Waals surface area contributed by atoms with E-state index in [1.807, 2.05) is 12.2 Å². The van der Waals surface area contributed by atoms with Gasteiger partial charge in [0.1, 0.15) is 13.2 Å². The molecule has 0 radical (unpaired) electrons. The number of hydrogen-bond acceptors (Lipinski definition) is 6. The van der Waals surface area contributed by atoms with Gasteiger partial charge in [0.05, 0.1) is 0 Å². The van der Waals surface area contributed by atoms with Crippen LogP contribution in [0.3, 0.4) is 0 Å². The van der Waals surface area contributed by atoms with Crippen molar-refractivity contribution in [2.24, 2.45) is 0 Å². The van der Waals surface area contributed by atoms with Crippen molar-refractivity contribution in [3.63, 3.8) is 0 Å². The van der Waals surface area contributed by atoms with Crippen LogP contribution in [0, 0.1) is 0 Å². The first-order valence-corrected chi connectivity index (χ1v) is 29.3. The van der Waals surface area contributed by atoms with Crippen molar-refractivity contribution in [3.05, 3.63) is 182 Å². The molecule has 6 heteroatoms. The van der Waals surface area contributed by atoms with E-state index in [1.54, 1.807) is 0 Å². The van der Waals surface area contributed by atoms with Gasteiger partial charge in [-0.25, -0.2) is 0 Å². The lowest BCUT2D eigenvalue weighted by molar-refractivity contribution is -0.166. The number of hydrogen-bond donors (Lipinski definition) is 0. The maximum Gasteiger partial charge on any atom is 0.306 e. The second-order valence-corrected chi connectivity index (χ2v) is 18.4. The molecule has 0 fully saturated rings. The van der Waals surface area contributed by atoms with Crippen molar-refractivity contribution in [1.29, 1.82) is 0 Å². The Morgan fingerprint density at radius 3 is 0.867 bits per heavy atom.